The maximum atomic E-state index is 12.0. The first-order valence-corrected chi connectivity index (χ1v) is 8.68. The zero-order valence-corrected chi connectivity index (χ0v) is 14.8. The lowest BCUT2D eigenvalue weighted by Gasteiger charge is -2.26. The molecule has 1 heterocycles. The minimum atomic E-state index is -0.493. The van der Waals surface area contributed by atoms with Gasteiger partial charge in [0.1, 0.15) is 5.60 Å². The molecule has 0 aromatic heterocycles. The summed E-state index contributed by atoms with van der Waals surface area (Å²) < 4.78 is 6.47. The SMILES string of the molecule is CC(C)(C)OC(=O)N1CCC(=O)N(CCCCI)CC1. The van der Waals surface area contributed by atoms with Gasteiger partial charge < -0.3 is 14.5 Å². The van der Waals surface area contributed by atoms with E-state index < -0.39 is 5.60 Å². The molecule has 0 radical (unpaired) electrons. The number of halogens is 1. The summed E-state index contributed by atoms with van der Waals surface area (Å²) in [5.41, 5.74) is -0.493. The molecular formula is C14H25IN2O3. The van der Waals surface area contributed by atoms with Crippen molar-refractivity contribution in [1.82, 2.24) is 9.80 Å². The van der Waals surface area contributed by atoms with E-state index in [4.69, 9.17) is 4.74 Å². The van der Waals surface area contributed by atoms with Crippen molar-refractivity contribution < 1.29 is 14.3 Å². The average Bonchev–Trinajstić information content (AvgIpc) is 2.51. The maximum absolute atomic E-state index is 12.0. The first-order chi connectivity index (χ1) is 9.33. The van der Waals surface area contributed by atoms with Crippen LogP contribution in [0, 0.1) is 0 Å². The monoisotopic (exact) mass is 396 g/mol. The van der Waals surface area contributed by atoms with Gasteiger partial charge in [-0.05, 0) is 38.0 Å². The number of hydrogen-bond donors (Lipinski definition) is 0. The number of carbonyl (C=O) groups excluding carboxylic acids is 2. The van der Waals surface area contributed by atoms with Crippen molar-refractivity contribution in [1.29, 1.82) is 0 Å². The van der Waals surface area contributed by atoms with Gasteiger partial charge in [-0.1, -0.05) is 22.6 Å². The predicted molar refractivity (Wildman–Crippen MR) is 87.1 cm³/mol. The van der Waals surface area contributed by atoms with E-state index in [2.05, 4.69) is 22.6 Å². The topological polar surface area (TPSA) is 49.9 Å². The van der Waals surface area contributed by atoms with Crippen LogP contribution < -0.4 is 0 Å². The minimum Gasteiger partial charge on any atom is -0.444 e. The van der Waals surface area contributed by atoms with Crippen LogP contribution in [0.2, 0.25) is 0 Å². The van der Waals surface area contributed by atoms with Crippen LogP contribution in [-0.2, 0) is 9.53 Å². The number of hydrogen-bond acceptors (Lipinski definition) is 3. The second kappa shape index (κ2) is 8.05. The van der Waals surface area contributed by atoms with E-state index in [1.807, 2.05) is 25.7 Å². The Labute approximate surface area is 135 Å². The summed E-state index contributed by atoms with van der Waals surface area (Å²) in [5, 5.41) is 0. The Morgan fingerprint density at radius 1 is 1.25 bits per heavy atom. The molecule has 1 aliphatic rings. The van der Waals surface area contributed by atoms with E-state index in [1.165, 1.54) is 0 Å². The fraction of sp³-hybridized carbons (Fsp3) is 0.857. The van der Waals surface area contributed by atoms with E-state index in [9.17, 15) is 9.59 Å². The van der Waals surface area contributed by atoms with E-state index in [0.717, 1.165) is 23.8 Å². The highest BCUT2D eigenvalue weighted by Gasteiger charge is 2.26. The molecule has 6 heteroatoms. The fourth-order valence-corrected chi connectivity index (χ4v) is 2.55. The van der Waals surface area contributed by atoms with Crippen LogP contribution in [0.4, 0.5) is 4.79 Å². The molecule has 0 N–H and O–H groups in total. The van der Waals surface area contributed by atoms with Gasteiger partial charge in [-0.2, -0.15) is 0 Å². The largest absolute Gasteiger partial charge is 0.444 e. The predicted octanol–water partition coefficient (Wildman–Crippen LogP) is 2.67. The van der Waals surface area contributed by atoms with E-state index in [1.54, 1.807) is 4.90 Å². The highest BCUT2D eigenvalue weighted by molar-refractivity contribution is 14.1. The summed E-state index contributed by atoms with van der Waals surface area (Å²) >= 11 is 2.35. The van der Waals surface area contributed by atoms with Gasteiger partial charge in [0, 0.05) is 32.6 Å². The van der Waals surface area contributed by atoms with Crippen LogP contribution in [0.5, 0.6) is 0 Å². The molecule has 1 saturated heterocycles. The number of ether oxygens (including phenoxy) is 1. The second-order valence-corrected chi connectivity index (χ2v) is 7.07. The van der Waals surface area contributed by atoms with Gasteiger partial charge in [0.05, 0.1) is 0 Å². The molecule has 1 fully saturated rings. The number of carbonyl (C=O) groups is 2. The van der Waals surface area contributed by atoms with Crippen molar-refractivity contribution in [3.63, 3.8) is 0 Å². The van der Waals surface area contributed by atoms with Gasteiger partial charge in [-0.25, -0.2) is 4.79 Å². The first-order valence-electron chi connectivity index (χ1n) is 7.15. The number of nitrogens with zero attached hydrogens (tertiary/aromatic N) is 2. The van der Waals surface area contributed by atoms with Gasteiger partial charge >= 0.3 is 6.09 Å². The maximum Gasteiger partial charge on any atom is 0.410 e. The Morgan fingerprint density at radius 2 is 1.95 bits per heavy atom. The molecule has 1 aliphatic heterocycles. The summed E-state index contributed by atoms with van der Waals surface area (Å²) in [5.74, 6) is 0.143. The zero-order chi connectivity index (χ0) is 15.2. The number of unbranched alkanes of at least 4 members (excludes halogenated alkanes) is 1. The summed E-state index contributed by atoms with van der Waals surface area (Å²) in [4.78, 5) is 27.5. The zero-order valence-electron chi connectivity index (χ0n) is 12.7. The Hall–Kier alpha value is -0.530. The Bertz CT molecular complexity index is 342. The van der Waals surface area contributed by atoms with Crippen molar-refractivity contribution in [2.75, 3.05) is 30.6 Å². The van der Waals surface area contributed by atoms with Crippen LogP contribution in [0.1, 0.15) is 40.0 Å². The lowest BCUT2D eigenvalue weighted by atomic mass is 10.2. The first kappa shape index (κ1) is 17.5. The number of alkyl halides is 1. The second-order valence-electron chi connectivity index (χ2n) is 5.99. The number of amides is 2. The Kier molecular flexibility index (Phi) is 7.05. The molecule has 0 unspecified atom stereocenters. The summed E-state index contributed by atoms with van der Waals surface area (Å²) in [7, 11) is 0. The van der Waals surface area contributed by atoms with Crippen LogP contribution in [0.3, 0.4) is 0 Å². The van der Waals surface area contributed by atoms with E-state index in [-0.39, 0.29) is 12.0 Å². The average molecular weight is 396 g/mol. The lowest BCUT2D eigenvalue weighted by Crippen LogP contribution is -2.39. The normalized spacial score (nSPS) is 17.1. The van der Waals surface area contributed by atoms with Crippen LogP contribution >= 0.6 is 22.6 Å². The smallest absolute Gasteiger partial charge is 0.410 e. The van der Waals surface area contributed by atoms with Crippen molar-refractivity contribution >= 4 is 34.6 Å². The molecule has 0 aromatic carbocycles. The van der Waals surface area contributed by atoms with Crippen molar-refractivity contribution in [3.05, 3.63) is 0 Å². The standard InChI is InChI=1S/C14H25IN2O3/c1-14(2,3)20-13(19)17-9-6-12(18)16(10-11-17)8-5-4-7-15/h4-11H2,1-3H3. The number of rotatable bonds is 4. The molecular weight excluding hydrogens is 371 g/mol. The molecule has 0 bridgehead atoms. The van der Waals surface area contributed by atoms with Gasteiger partial charge in [0.2, 0.25) is 5.91 Å². The molecule has 0 saturated carbocycles. The third-order valence-electron chi connectivity index (χ3n) is 3.05. The molecule has 116 valence electrons. The molecule has 0 aliphatic carbocycles. The third kappa shape index (κ3) is 6.28. The summed E-state index contributed by atoms with van der Waals surface area (Å²) in [6.07, 6.45) is 2.23. The van der Waals surface area contributed by atoms with Gasteiger partial charge in [-0.15, -0.1) is 0 Å². The molecule has 0 atom stereocenters. The summed E-state index contributed by atoms with van der Waals surface area (Å²) in [6.45, 7) is 7.98. The van der Waals surface area contributed by atoms with Crippen molar-refractivity contribution in [2.45, 2.75) is 45.6 Å². The van der Waals surface area contributed by atoms with E-state index in [0.29, 0.717) is 26.1 Å². The Balaban J connectivity index is 2.48. The quantitative estimate of drug-likeness (QED) is 0.417. The highest BCUT2D eigenvalue weighted by atomic mass is 127. The van der Waals surface area contributed by atoms with Gasteiger partial charge in [0.15, 0.2) is 0 Å². The fourth-order valence-electron chi connectivity index (χ4n) is 2.01. The molecule has 5 nitrogen and oxygen atoms in total. The molecule has 20 heavy (non-hydrogen) atoms. The third-order valence-corrected chi connectivity index (χ3v) is 3.81. The molecule has 1 rings (SSSR count). The minimum absolute atomic E-state index is 0.143. The van der Waals surface area contributed by atoms with Gasteiger partial charge in [-0.3, -0.25) is 4.79 Å². The van der Waals surface area contributed by atoms with Crippen molar-refractivity contribution in [2.24, 2.45) is 0 Å². The molecule has 0 spiro atoms. The summed E-state index contributed by atoms with van der Waals surface area (Å²) in [6, 6.07) is 0. The molecule has 0 aromatic rings. The van der Waals surface area contributed by atoms with Gasteiger partial charge in [0.25, 0.3) is 0 Å². The Morgan fingerprint density at radius 3 is 2.55 bits per heavy atom. The van der Waals surface area contributed by atoms with Crippen LogP contribution in [-0.4, -0.2) is 58.0 Å². The highest BCUT2D eigenvalue weighted by Crippen LogP contribution is 2.13. The van der Waals surface area contributed by atoms with Crippen LogP contribution in [0.25, 0.3) is 0 Å². The lowest BCUT2D eigenvalue weighted by molar-refractivity contribution is -0.130. The molecule has 2 amide bonds. The van der Waals surface area contributed by atoms with Crippen molar-refractivity contribution in [3.8, 4) is 0 Å². The van der Waals surface area contributed by atoms with Crippen LogP contribution in [0.15, 0.2) is 0 Å². The van der Waals surface area contributed by atoms with E-state index >= 15 is 0 Å².